The second-order valence-corrected chi connectivity index (χ2v) is 7.67. The van der Waals surface area contributed by atoms with Gasteiger partial charge in [-0.2, -0.15) is 5.26 Å². The van der Waals surface area contributed by atoms with Crippen molar-refractivity contribution in [3.05, 3.63) is 58.6 Å². The van der Waals surface area contributed by atoms with Gasteiger partial charge in [-0.25, -0.2) is 0 Å². The number of methoxy groups -OCH3 is 1. The standard InChI is InChI=1S/C22H22ClN3O3/c1-28-18-5-2-15(3-6-18)19(14-24)25-8-10-26(11-9-25)22(27)21-13-16-12-17(23)4-7-20(16)29-21/h2-7,12,19,21H,8-11,13H2,1H3. The van der Waals surface area contributed by atoms with E-state index in [2.05, 4.69) is 11.0 Å². The van der Waals surface area contributed by atoms with E-state index in [1.54, 1.807) is 13.2 Å². The highest BCUT2D eigenvalue weighted by Crippen LogP contribution is 2.32. The quantitative estimate of drug-likeness (QED) is 0.773. The highest BCUT2D eigenvalue weighted by atomic mass is 35.5. The second kappa shape index (κ2) is 8.32. The highest BCUT2D eigenvalue weighted by molar-refractivity contribution is 6.30. The van der Waals surface area contributed by atoms with Crippen molar-refractivity contribution < 1.29 is 14.3 Å². The van der Waals surface area contributed by atoms with Gasteiger partial charge in [0.05, 0.1) is 13.2 Å². The van der Waals surface area contributed by atoms with Gasteiger partial charge in [0.15, 0.2) is 6.10 Å². The molecule has 2 aromatic carbocycles. The Labute approximate surface area is 175 Å². The average Bonchev–Trinajstić information content (AvgIpc) is 3.18. The Balaban J connectivity index is 1.36. The molecular weight excluding hydrogens is 390 g/mol. The number of carbonyl (C=O) groups is 1. The van der Waals surface area contributed by atoms with Crippen molar-refractivity contribution in [2.24, 2.45) is 0 Å². The van der Waals surface area contributed by atoms with E-state index in [1.807, 2.05) is 41.3 Å². The molecule has 0 radical (unpaired) electrons. The van der Waals surface area contributed by atoms with Crippen LogP contribution in [0.4, 0.5) is 0 Å². The summed E-state index contributed by atoms with van der Waals surface area (Å²) >= 11 is 6.04. The fraction of sp³-hybridized carbons (Fsp3) is 0.364. The van der Waals surface area contributed by atoms with Gasteiger partial charge in [0, 0.05) is 37.6 Å². The summed E-state index contributed by atoms with van der Waals surface area (Å²) in [5, 5.41) is 10.3. The number of carbonyl (C=O) groups excluding carboxylic acids is 1. The molecule has 7 heteroatoms. The Morgan fingerprint density at radius 2 is 1.93 bits per heavy atom. The molecule has 0 N–H and O–H groups in total. The van der Waals surface area contributed by atoms with E-state index in [0.717, 1.165) is 22.6 Å². The summed E-state index contributed by atoms with van der Waals surface area (Å²) in [6.45, 7) is 2.43. The first-order chi connectivity index (χ1) is 14.1. The van der Waals surface area contributed by atoms with Crippen LogP contribution < -0.4 is 9.47 Å². The van der Waals surface area contributed by atoms with Crippen LogP contribution in [-0.4, -0.2) is 55.1 Å². The van der Waals surface area contributed by atoms with Crippen LogP contribution in [0.3, 0.4) is 0 Å². The summed E-state index contributed by atoms with van der Waals surface area (Å²) < 4.78 is 11.0. The summed E-state index contributed by atoms with van der Waals surface area (Å²) in [5.74, 6) is 1.49. The van der Waals surface area contributed by atoms with Gasteiger partial charge < -0.3 is 14.4 Å². The molecule has 0 aliphatic carbocycles. The molecule has 1 amide bonds. The number of fused-ring (bicyclic) bond motifs is 1. The van der Waals surface area contributed by atoms with Gasteiger partial charge in [-0.15, -0.1) is 0 Å². The minimum atomic E-state index is -0.497. The van der Waals surface area contributed by atoms with Crippen LogP contribution in [0, 0.1) is 11.3 Å². The van der Waals surface area contributed by atoms with E-state index >= 15 is 0 Å². The van der Waals surface area contributed by atoms with Crippen molar-refractivity contribution in [1.82, 2.24) is 9.80 Å². The normalized spacial score (nSPS) is 19.8. The van der Waals surface area contributed by atoms with Crippen LogP contribution in [0.1, 0.15) is 17.2 Å². The van der Waals surface area contributed by atoms with E-state index in [4.69, 9.17) is 21.1 Å². The maximum absolute atomic E-state index is 12.9. The maximum atomic E-state index is 12.9. The first-order valence-corrected chi connectivity index (χ1v) is 9.98. The largest absolute Gasteiger partial charge is 0.497 e. The fourth-order valence-electron chi connectivity index (χ4n) is 3.91. The van der Waals surface area contributed by atoms with Gasteiger partial charge in [0.1, 0.15) is 17.5 Å². The lowest BCUT2D eigenvalue weighted by Crippen LogP contribution is -2.52. The zero-order chi connectivity index (χ0) is 20.4. The van der Waals surface area contributed by atoms with Crippen LogP contribution in [0.5, 0.6) is 11.5 Å². The van der Waals surface area contributed by atoms with E-state index in [-0.39, 0.29) is 11.9 Å². The van der Waals surface area contributed by atoms with Crippen molar-refractivity contribution in [1.29, 1.82) is 5.26 Å². The first kappa shape index (κ1) is 19.6. The number of amides is 1. The van der Waals surface area contributed by atoms with Crippen molar-refractivity contribution in [2.45, 2.75) is 18.6 Å². The summed E-state index contributed by atoms with van der Waals surface area (Å²) in [6, 6.07) is 15.0. The average molecular weight is 412 g/mol. The molecule has 2 aromatic rings. The smallest absolute Gasteiger partial charge is 0.264 e. The molecule has 1 saturated heterocycles. The van der Waals surface area contributed by atoms with Crippen LogP contribution in [-0.2, 0) is 11.2 Å². The van der Waals surface area contributed by atoms with Gasteiger partial charge in [-0.1, -0.05) is 23.7 Å². The van der Waals surface area contributed by atoms with Crippen LogP contribution in [0.2, 0.25) is 5.02 Å². The SMILES string of the molecule is COc1ccc(C(C#N)N2CCN(C(=O)C3Cc4cc(Cl)ccc4O3)CC2)cc1. The summed E-state index contributed by atoms with van der Waals surface area (Å²) in [5.41, 5.74) is 1.90. The molecule has 0 bridgehead atoms. The number of nitrogens with zero attached hydrogens (tertiary/aromatic N) is 3. The van der Waals surface area contributed by atoms with E-state index in [1.165, 1.54) is 0 Å². The van der Waals surface area contributed by atoms with Crippen LogP contribution in [0.15, 0.2) is 42.5 Å². The molecule has 2 heterocycles. The molecule has 1 fully saturated rings. The molecule has 0 spiro atoms. The van der Waals surface area contributed by atoms with E-state index in [0.29, 0.717) is 37.6 Å². The molecule has 0 aromatic heterocycles. The van der Waals surface area contributed by atoms with Gasteiger partial charge in [-0.05, 0) is 41.5 Å². The monoisotopic (exact) mass is 411 g/mol. The zero-order valence-electron chi connectivity index (χ0n) is 16.2. The highest BCUT2D eigenvalue weighted by Gasteiger charge is 2.35. The van der Waals surface area contributed by atoms with Crippen LogP contribution >= 0.6 is 11.6 Å². The lowest BCUT2D eigenvalue weighted by Gasteiger charge is -2.37. The number of hydrogen-bond donors (Lipinski definition) is 0. The molecule has 2 unspecified atom stereocenters. The van der Waals surface area contributed by atoms with Gasteiger partial charge in [-0.3, -0.25) is 9.69 Å². The van der Waals surface area contributed by atoms with Gasteiger partial charge in [0.25, 0.3) is 5.91 Å². The van der Waals surface area contributed by atoms with E-state index < -0.39 is 6.10 Å². The third-order valence-corrected chi connectivity index (χ3v) is 5.75. The maximum Gasteiger partial charge on any atom is 0.264 e. The Kier molecular flexibility index (Phi) is 5.61. The molecule has 29 heavy (non-hydrogen) atoms. The van der Waals surface area contributed by atoms with Crippen molar-refractivity contribution >= 4 is 17.5 Å². The van der Waals surface area contributed by atoms with Crippen LogP contribution in [0.25, 0.3) is 0 Å². The number of rotatable bonds is 4. The molecule has 0 saturated carbocycles. The number of benzene rings is 2. The Morgan fingerprint density at radius 3 is 2.59 bits per heavy atom. The van der Waals surface area contributed by atoms with Crippen molar-refractivity contribution in [3.63, 3.8) is 0 Å². The number of hydrogen-bond acceptors (Lipinski definition) is 5. The lowest BCUT2D eigenvalue weighted by molar-refractivity contribution is -0.139. The van der Waals surface area contributed by atoms with E-state index in [9.17, 15) is 10.1 Å². The van der Waals surface area contributed by atoms with Crippen molar-refractivity contribution in [3.8, 4) is 17.6 Å². The second-order valence-electron chi connectivity index (χ2n) is 7.23. The minimum Gasteiger partial charge on any atom is -0.497 e. The summed E-state index contributed by atoms with van der Waals surface area (Å²) in [7, 11) is 1.62. The first-order valence-electron chi connectivity index (χ1n) is 9.60. The Morgan fingerprint density at radius 1 is 1.21 bits per heavy atom. The third kappa shape index (κ3) is 4.02. The molecular formula is C22H22ClN3O3. The number of ether oxygens (including phenoxy) is 2. The molecule has 6 nitrogen and oxygen atoms in total. The number of piperazine rings is 1. The topological polar surface area (TPSA) is 65.8 Å². The van der Waals surface area contributed by atoms with Gasteiger partial charge in [0.2, 0.25) is 0 Å². The fourth-order valence-corrected chi connectivity index (χ4v) is 4.11. The predicted molar refractivity (Wildman–Crippen MR) is 109 cm³/mol. The molecule has 4 rings (SSSR count). The molecule has 2 aliphatic rings. The van der Waals surface area contributed by atoms with Crippen molar-refractivity contribution in [2.75, 3.05) is 33.3 Å². The molecule has 2 atom stereocenters. The Bertz CT molecular complexity index is 933. The van der Waals surface area contributed by atoms with Gasteiger partial charge >= 0.3 is 0 Å². The summed E-state index contributed by atoms with van der Waals surface area (Å²) in [6.07, 6.45) is 0.0464. The third-order valence-electron chi connectivity index (χ3n) is 5.52. The molecule has 150 valence electrons. The predicted octanol–water partition coefficient (Wildman–Crippen LogP) is 3.06. The lowest BCUT2D eigenvalue weighted by atomic mass is 10.0. The molecule has 2 aliphatic heterocycles. The number of nitriles is 1. The number of halogens is 1. The zero-order valence-corrected chi connectivity index (χ0v) is 16.9. The Hall–Kier alpha value is -2.75. The minimum absolute atomic E-state index is 0.00470. The summed E-state index contributed by atoms with van der Waals surface area (Å²) in [4.78, 5) is 16.8.